The van der Waals surface area contributed by atoms with Gasteiger partial charge in [0.25, 0.3) is 0 Å². The Hall–Kier alpha value is -1.66. The first-order chi connectivity index (χ1) is 9.69. The SMILES string of the molecule is CCNCc1ccc([N+](=O)[O-])c(OCCCCOC)c1. The van der Waals surface area contributed by atoms with Crippen molar-refractivity contribution in [1.82, 2.24) is 5.32 Å². The minimum absolute atomic E-state index is 0.0111. The number of benzene rings is 1. The summed E-state index contributed by atoms with van der Waals surface area (Å²) < 4.78 is 10.5. The summed E-state index contributed by atoms with van der Waals surface area (Å²) >= 11 is 0. The maximum Gasteiger partial charge on any atom is 0.310 e. The minimum Gasteiger partial charge on any atom is -0.487 e. The number of nitro benzene ring substituents is 1. The van der Waals surface area contributed by atoms with Crippen molar-refractivity contribution in [3.05, 3.63) is 33.9 Å². The Morgan fingerprint density at radius 3 is 2.70 bits per heavy atom. The number of nitrogens with zero attached hydrogens (tertiary/aromatic N) is 1. The average molecular weight is 282 g/mol. The van der Waals surface area contributed by atoms with Gasteiger partial charge in [0.2, 0.25) is 0 Å². The fraction of sp³-hybridized carbons (Fsp3) is 0.571. The van der Waals surface area contributed by atoms with Crippen molar-refractivity contribution in [1.29, 1.82) is 0 Å². The number of hydrogen-bond acceptors (Lipinski definition) is 5. The molecule has 0 amide bonds. The van der Waals surface area contributed by atoms with E-state index in [4.69, 9.17) is 9.47 Å². The lowest BCUT2D eigenvalue weighted by atomic mass is 10.2. The van der Waals surface area contributed by atoms with Crippen molar-refractivity contribution in [2.24, 2.45) is 0 Å². The summed E-state index contributed by atoms with van der Waals surface area (Å²) in [7, 11) is 1.65. The number of ether oxygens (including phenoxy) is 2. The molecule has 6 nitrogen and oxygen atoms in total. The molecule has 0 aliphatic rings. The Bertz CT molecular complexity index is 424. The molecule has 0 aromatic heterocycles. The highest BCUT2D eigenvalue weighted by Gasteiger charge is 2.15. The highest BCUT2D eigenvalue weighted by Crippen LogP contribution is 2.28. The Balaban J connectivity index is 2.65. The number of methoxy groups -OCH3 is 1. The fourth-order valence-corrected chi connectivity index (χ4v) is 1.73. The average Bonchev–Trinajstić information content (AvgIpc) is 2.44. The third kappa shape index (κ3) is 5.54. The van der Waals surface area contributed by atoms with E-state index in [0.29, 0.717) is 25.5 Å². The molecular weight excluding hydrogens is 260 g/mol. The van der Waals surface area contributed by atoms with E-state index in [1.807, 2.05) is 6.92 Å². The molecule has 0 heterocycles. The van der Waals surface area contributed by atoms with Gasteiger partial charge in [0.1, 0.15) is 0 Å². The van der Waals surface area contributed by atoms with Crippen LogP contribution < -0.4 is 10.1 Å². The number of nitro groups is 1. The second-order valence-corrected chi connectivity index (χ2v) is 4.39. The van der Waals surface area contributed by atoms with Crippen LogP contribution in [0.15, 0.2) is 18.2 Å². The molecule has 6 heteroatoms. The lowest BCUT2D eigenvalue weighted by molar-refractivity contribution is -0.385. The number of rotatable bonds is 10. The molecule has 0 saturated carbocycles. The van der Waals surface area contributed by atoms with Crippen LogP contribution in [-0.4, -0.2) is 31.8 Å². The van der Waals surface area contributed by atoms with Gasteiger partial charge in [0.05, 0.1) is 11.5 Å². The highest BCUT2D eigenvalue weighted by molar-refractivity contribution is 5.48. The second-order valence-electron chi connectivity index (χ2n) is 4.39. The first kappa shape index (κ1) is 16.4. The molecule has 20 heavy (non-hydrogen) atoms. The van der Waals surface area contributed by atoms with Gasteiger partial charge in [0.15, 0.2) is 5.75 Å². The van der Waals surface area contributed by atoms with E-state index in [9.17, 15) is 10.1 Å². The summed E-state index contributed by atoms with van der Waals surface area (Å²) in [6.07, 6.45) is 1.68. The highest BCUT2D eigenvalue weighted by atomic mass is 16.6. The van der Waals surface area contributed by atoms with Crippen LogP contribution in [0.25, 0.3) is 0 Å². The lowest BCUT2D eigenvalue weighted by Gasteiger charge is -2.09. The molecule has 0 aliphatic carbocycles. The van der Waals surface area contributed by atoms with Gasteiger partial charge < -0.3 is 14.8 Å². The predicted octanol–water partition coefficient (Wildman–Crippen LogP) is 2.51. The molecule has 0 radical (unpaired) electrons. The smallest absolute Gasteiger partial charge is 0.310 e. The zero-order valence-corrected chi connectivity index (χ0v) is 12.1. The Kier molecular flexibility index (Phi) is 7.60. The van der Waals surface area contributed by atoms with E-state index in [2.05, 4.69) is 5.32 Å². The lowest BCUT2D eigenvalue weighted by Crippen LogP contribution is -2.12. The van der Waals surface area contributed by atoms with Gasteiger partial charge in [0, 0.05) is 26.3 Å². The molecule has 1 aromatic rings. The van der Waals surface area contributed by atoms with E-state index < -0.39 is 4.92 Å². The van der Waals surface area contributed by atoms with E-state index >= 15 is 0 Å². The zero-order valence-electron chi connectivity index (χ0n) is 12.1. The second kappa shape index (κ2) is 9.28. The quantitative estimate of drug-likeness (QED) is 0.405. The largest absolute Gasteiger partial charge is 0.487 e. The van der Waals surface area contributed by atoms with E-state index in [1.54, 1.807) is 19.2 Å². The molecule has 0 saturated heterocycles. The monoisotopic (exact) mass is 282 g/mol. The maximum absolute atomic E-state index is 11.0. The maximum atomic E-state index is 11.0. The summed E-state index contributed by atoms with van der Waals surface area (Å²) in [6.45, 7) is 4.66. The topological polar surface area (TPSA) is 73.6 Å². The van der Waals surface area contributed by atoms with Gasteiger partial charge in [-0.15, -0.1) is 0 Å². The van der Waals surface area contributed by atoms with Gasteiger partial charge in [-0.05, 0) is 31.0 Å². The van der Waals surface area contributed by atoms with Crippen LogP contribution in [0, 0.1) is 10.1 Å². The van der Waals surface area contributed by atoms with Crippen molar-refractivity contribution in [3.63, 3.8) is 0 Å². The molecule has 0 fully saturated rings. The molecule has 0 spiro atoms. The van der Waals surface area contributed by atoms with Crippen molar-refractivity contribution in [3.8, 4) is 5.75 Å². The Morgan fingerprint density at radius 2 is 2.05 bits per heavy atom. The minimum atomic E-state index is -0.415. The molecule has 0 bridgehead atoms. The van der Waals surface area contributed by atoms with Crippen LogP contribution in [0.1, 0.15) is 25.3 Å². The van der Waals surface area contributed by atoms with Crippen LogP contribution in [0.3, 0.4) is 0 Å². The number of hydrogen-bond donors (Lipinski definition) is 1. The third-order valence-electron chi connectivity index (χ3n) is 2.80. The predicted molar refractivity (Wildman–Crippen MR) is 77.1 cm³/mol. The molecule has 112 valence electrons. The van der Waals surface area contributed by atoms with Gasteiger partial charge in [-0.1, -0.05) is 13.0 Å². The molecule has 1 rings (SSSR count). The van der Waals surface area contributed by atoms with Crippen LogP contribution >= 0.6 is 0 Å². The first-order valence-corrected chi connectivity index (χ1v) is 6.78. The first-order valence-electron chi connectivity index (χ1n) is 6.78. The van der Waals surface area contributed by atoms with Gasteiger partial charge in [-0.3, -0.25) is 10.1 Å². The van der Waals surface area contributed by atoms with E-state index in [0.717, 1.165) is 24.9 Å². The van der Waals surface area contributed by atoms with Crippen LogP contribution in [-0.2, 0) is 11.3 Å². The summed E-state index contributed by atoms with van der Waals surface area (Å²) in [5.41, 5.74) is 0.987. The van der Waals surface area contributed by atoms with Crippen molar-refractivity contribution >= 4 is 5.69 Å². The Morgan fingerprint density at radius 1 is 1.30 bits per heavy atom. The van der Waals surface area contributed by atoms with Crippen molar-refractivity contribution in [2.75, 3.05) is 26.9 Å². The number of nitrogens with one attached hydrogen (secondary N) is 1. The summed E-state index contributed by atoms with van der Waals surface area (Å²) in [4.78, 5) is 10.6. The summed E-state index contributed by atoms with van der Waals surface area (Å²) in [5.74, 6) is 0.336. The summed E-state index contributed by atoms with van der Waals surface area (Å²) in [5, 5.41) is 14.2. The van der Waals surface area contributed by atoms with Crippen LogP contribution in [0.2, 0.25) is 0 Å². The standard InChI is InChI=1S/C14H22N2O4/c1-3-15-11-12-6-7-13(16(17)18)14(10-12)20-9-5-4-8-19-2/h6-7,10,15H,3-5,8-9,11H2,1-2H3. The van der Waals surface area contributed by atoms with Gasteiger partial charge in [-0.25, -0.2) is 0 Å². The molecule has 1 aromatic carbocycles. The van der Waals surface area contributed by atoms with Gasteiger partial charge >= 0.3 is 5.69 Å². The van der Waals surface area contributed by atoms with Crippen LogP contribution in [0.5, 0.6) is 5.75 Å². The zero-order chi connectivity index (χ0) is 14.8. The molecule has 0 unspecified atom stereocenters. The third-order valence-corrected chi connectivity index (χ3v) is 2.80. The number of unbranched alkanes of at least 4 members (excludes halogenated alkanes) is 1. The van der Waals surface area contributed by atoms with Gasteiger partial charge in [-0.2, -0.15) is 0 Å². The molecule has 0 aliphatic heterocycles. The molecule has 1 N–H and O–H groups in total. The normalized spacial score (nSPS) is 10.5. The van der Waals surface area contributed by atoms with Crippen molar-refractivity contribution < 1.29 is 14.4 Å². The van der Waals surface area contributed by atoms with E-state index in [-0.39, 0.29) is 5.69 Å². The fourth-order valence-electron chi connectivity index (χ4n) is 1.73. The van der Waals surface area contributed by atoms with Crippen LogP contribution in [0.4, 0.5) is 5.69 Å². The van der Waals surface area contributed by atoms with E-state index in [1.165, 1.54) is 6.07 Å². The summed E-state index contributed by atoms with van der Waals surface area (Å²) in [6, 6.07) is 4.98. The Labute approximate surface area is 119 Å². The molecular formula is C14H22N2O4. The molecule has 0 atom stereocenters. The van der Waals surface area contributed by atoms with Crippen molar-refractivity contribution in [2.45, 2.75) is 26.3 Å².